The molecular formula is C27H26N2O5. The Balaban J connectivity index is 1.76. The van der Waals surface area contributed by atoms with Crippen molar-refractivity contribution < 1.29 is 23.8 Å². The van der Waals surface area contributed by atoms with Crippen LogP contribution in [0.3, 0.4) is 0 Å². The number of benzene rings is 3. The summed E-state index contributed by atoms with van der Waals surface area (Å²) in [7, 11) is 3.09. The number of carbonyl (C=O) groups is 2. The van der Waals surface area contributed by atoms with Crippen molar-refractivity contribution >= 4 is 28.8 Å². The molecule has 2 amide bonds. The summed E-state index contributed by atoms with van der Waals surface area (Å²) in [5, 5.41) is 3.15. The van der Waals surface area contributed by atoms with E-state index in [1.807, 2.05) is 13.0 Å². The molecule has 0 radical (unpaired) electrons. The van der Waals surface area contributed by atoms with Gasteiger partial charge in [-0.25, -0.2) is 4.90 Å². The van der Waals surface area contributed by atoms with Crippen LogP contribution in [0.15, 0.2) is 78.5 Å². The van der Waals surface area contributed by atoms with Gasteiger partial charge in [0.25, 0.3) is 11.8 Å². The van der Waals surface area contributed by atoms with Gasteiger partial charge in [0.1, 0.15) is 11.4 Å². The number of hydrogen-bond acceptors (Lipinski definition) is 6. The van der Waals surface area contributed by atoms with Crippen molar-refractivity contribution in [1.29, 1.82) is 0 Å². The Labute approximate surface area is 198 Å². The van der Waals surface area contributed by atoms with Gasteiger partial charge in [-0.1, -0.05) is 37.3 Å². The van der Waals surface area contributed by atoms with Gasteiger partial charge in [0.2, 0.25) is 0 Å². The third kappa shape index (κ3) is 4.45. The van der Waals surface area contributed by atoms with E-state index in [1.165, 1.54) is 12.0 Å². The second kappa shape index (κ2) is 10.1. The van der Waals surface area contributed by atoms with Crippen LogP contribution < -0.4 is 24.4 Å². The summed E-state index contributed by atoms with van der Waals surface area (Å²) in [4.78, 5) is 28.2. The lowest BCUT2D eigenvalue weighted by atomic mass is 10.0. The number of methoxy groups -OCH3 is 2. The summed E-state index contributed by atoms with van der Waals surface area (Å²) in [6, 6.07) is 21.3. The van der Waals surface area contributed by atoms with E-state index in [-0.39, 0.29) is 11.3 Å². The molecular weight excluding hydrogens is 432 g/mol. The molecule has 0 bridgehead atoms. The van der Waals surface area contributed by atoms with E-state index in [2.05, 4.69) is 5.32 Å². The first-order valence-corrected chi connectivity index (χ1v) is 11.0. The molecule has 0 aromatic heterocycles. The summed E-state index contributed by atoms with van der Waals surface area (Å²) < 4.78 is 16.3. The lowest BCUT2D eigenvalue weighted by Gasteiger charge is -2.15. The lowest BCUT2D eigenvalue weighted by molar-refractivity contribution is -0.120. The maximum Gasteiger partial charge on any atom is 0.282 e. The number of imide groups is 1. The van der Waals surface area contributed by atoms with Crippen molar-refractivity contribution in [3.8, 4) is 17.2 Å². The highest BCUT2D eigenvalue weighted by Gasteiger charge is 2.40. The molecule has 1 aliphatic rings. The van der Waals surface area contributed by atoms with Crippen molar-refractivity contribution in [2.75, 3.05) is 31.0 Å². The van der Waals surface area contributed by atoms with Crippen LogP contribution in [-0.2, 0) is 9.59 Å². The van der Waals surface area contributed by atoms with Gasteiger partial charge in [-0.3, -0.25) is 9.59 Å². The van der Waals surface area contributed by atoms with Crippen molar-refractivity contribution in [1.82, 2.24) is 0 Å². The van der Waals surface area contributed by atoms with Gasteiger partial charge in [-0.15, -0.1) is 0 Å². The Morgan fingerprint density at radius 2 is 1.53 bits per heavy atom. The highest BCUT2D eigenvalue weighted by molar-refractivity contribution is 6.46. The Morgan fingerprint density at radius 1 is 0.824 bits per heavy atom. The number of nitrogens with one attached hydrogen (secondary N) is 1. The van der Waals surface area contributed by atoms with E-state index >= 15 is 0 Å². The molecule has 3 aromatic carbocycles. The monoisotopic (exact) mass is 458 g/mol. The molecule has 1 N–H and O–H groups in total. The minimum absolute atomic E-state index is 0.184. The van der Waals surface area contributed by atoms with Gasteiger partial charge in [-0.2, -0.15) is 0 Å². The van der Waals surface area contributed by atoms with Gasteiger partial charge in [0.15, 0.2) is 11.5 Å². The number of nitrogens with zero attached hydrogens (tertiary/aromatic N) is 1. The Hall–Kier alpha value is -4.26. The average Bonchev–Trinajstić information content (AvgIpc) is 3.12. The third-order valence-corrected chi connectivity index (χ3v) is 5.37. The molecule has 0 spiro atoms. The maximum atomic E-state index is 13.5. The van der Waals surface area contributed by atoms with Crippen molar-refractivity contribution in [3.05, 3.63) is 84.1 Å². The molecule has 174 valence electrons. The zero-order valence-corrected chi connectivity index (χ0v) is 19.3. The average molecular weight is 459 g/mol. The zero-order chi connectivity index (χ0) is 24.1. The predicted molar refractivity (Wildman–Crippen MR) is 131 cm³/mol. The predicted octanol–water partition coefficient (Wildman–Crippen LogP) is 4.89. The van der Waals surface area contributed by atoms with E-state index in [0.29, 0.717) is 40.8 Å². The molecule has 1 aliphatic heterocycles. The van der Waals surface area contributed by atoms with Crippen LogP contribution >= 0.6 is 0 Å². The first kappa shape index (κ1) is 22.9. The Morgan fingerprint density at radius 3 is 2.18 bits per heavy atom. The van der Waals surface area contributed by atoms with Gasteiger partial charge in [0, 0.05) is 11.8 Å². The second-order valence-corrected chi connectivity index (χ2v) is 7.60. The van der Waals surface area contributed by atoms with E-state index in [4.69, 9.17) is 14.2 Å². The van der Waals surface area contributed by atoms with E-state index in [1.54, 1.807) is 73.8 Å². The highest BCUT2D eigenvalue weighted by Crippen LogP contribution is 2.36. The lowest BCUT2D eigenvalue weighted by Crippen LogP contribution is -2.32. The van der Waals surface area contributed by atoms with Crippen LogP contribution in [0.4, 0.5) is 11.4 Å². The summed E-state index contributed by atoms with van der Waals surface area (Å²) in [6.45, 7) is 2.64. The van der Waals surface area contributed by atoms with Crippen molar-refractivity contribution in [3.63, 3.8) is 0 Å². The molecule has 0 aliphatic carbocycles. The summed E-state index contributed by atoms with van der Waals surface area (Å²) in [5.41, 5.74) is 2.17. The standard InChI is InChI=1S/C27H26N2O5/c1-4-16-34-21-13-10-18(11-14-21)24-25(28-19-12-15-22(32-2)23(17-19)33-3)27(31)29(26(24)30)20-8-6-5-7-9-20/h5-15,17,28H,4,16H2,1-3H3. The number of amides is 2. The summed E-state index contributed by atoms with van der Waals surface area (Å²) >= 11 is 0. The van der Waals surface area contributed by atoms with Crippen molar-refractivity contribution in [2.24, 2.45) is 0 Å². The van der Waals surface area contributed by atoms with E-state index < -0.39 is 11.8 Å². The number of ether oxygens (including phenoxy) is 3. The topological polar surface area (TPSA) is 77.1 Å². The Kier molecular flexibility index (Phi) is 6.82. The first-order chi connectivity index (χ1) is 16.6. The number of rotatable bonds is 9. The molecule has 34 heavy (non-hydrogen) atoms. The fourth-order valence-electron chi connectivity index (χ4n) is 3.72. The molecule has 0 atom stereocenters. The maximum absolute atomic E-state index is 13.5. The first-order valence-electron chi connectivity index (χ1n) is 11.0. The SMILES string of the molecule is CCCOc1ccc(C2=C(Nc3ccc(OC)c(OC)c3)C(=O)N(c3ccccc3)C2=O)cc1. The van der Waals surface area contributed by atoms with Gasteiger partial charge in [-0.05, 0) is 48.4 Å². The molecule has 0 unspecified atom stereocenters. The smallest absolute Gasteiger partial charge is 0.282 e. The molecule has 7 nitrogen and oxygen atoms in total. The fraction of sp³-hybridized carbons (Fsp3) is 0.185. The molecule has 7 heteroatoms. The minimum atomic E-state index is -0.438. The second-order valence-electron chi connectivity index (χ2n) is 7.60. The third-order valence-electron chi connectivity index (χ3n) is 5.37. The van der Waals surface area contributed by atoms with Crippen LogP contribution in [0.25, 0.3) is 5.57 Å². The van der Waals surface area contributed by atoms with E-state index in [0.717, 1.165) is 6.42 Å². The number of hydrogen-bond donors (Lipinski definition) is 1. The van der Waals surface area contributed by atoms with Crippen LogP contribution in [0.1, 0.15) is 18.9 Å². The highest BCUT2D eigenvalue weighted by atomic mass is 16.5. The largest absolute Gasteiger partial charge is 0.494 e. The molecule has 4 rings (SSSR count). The number of anilines is 2. The van der Waals surface area contributed by atoms with E-state index in [9.17, 15) is 9.59 Å². The minimum Gasteiger partial charge on any atom is -0.494 e. The molecule has 0 fully saturated rings. The molecule has 1 heterocycles. The van der Waals surface area contributed by atoms with Crippen LogP contribution in [0.2, 0.25) is 0 Å². The summed E-state index contributed by atoms with van der Waals surface area (Å²) in [6.07, 6.45) is 0.894. The fourth-order valence-corrected chi connectivity index (χ4v) is 3.72. The summed E-state index contributed by atoms with van der Waals surface area (Å²) in [5.74, 6) is 0.930. The quantitative estimate of drug-likeness (QED) is 0.460. The van der Waals surface area contributed by atoms with Crippen LogP contribution in [-0.4, -0.2) is 32.6 Å². The Bertz CT molecular complexity index is 1220. The van der Waals surface area contributed by atoms with Gasteiger partial charge >= 0.3 is 0 Å². The van der Waals surface area contributed by atoms with Crippen molar-refractivity contribution in [2.45, 2.75) is 13.3 Å². The van der Waals surface area contributed by atoms with Crippen LogP contribution in [0.5, 0.6) is 17.2 Å². The van der Waals surface area contributed by atoms with Crippen LogP contribution in [0, 0.1) is 0 Å². The van der Waals surface area contributed by atoms with Gasteiger partial charge in [0.05, 0.1) is 32.1 Å². The zero-order valence-electron chi connectivity index (χ0n) is 19.3. The molecule has 0 saturated heterocycles. The molecule has 0 saturated carbocycles. The molecule has 3 aromatic rings. The van der Waals surface area contributed by atoms with Gasteiger partial charge < -0.3 is 19.5 Å². The normalized spacial score (nSPS) is 13.3. The number of carbonyl (C=O) groups excluding carboxylic acids is 2. The number of para-hydroxylation sites is 1.